The van der Waals surface area contributed by atoms with Crippen LogP contribution in [0.15, 0.2) is 42.5 Å². The number of aryl methyl sites for hydroxylation is 1. The number of halogens is 3. The Kier molecular flexibility index (Phi) is 6.49. The topological polar surface area (TPSA) is 86.8 Å². The van der Waals surface area contributed by atoms with Crippen molar-refractivity contribution in [3.05, 3.63) is 53.6 Å². The van der Waals surface area contributed by atoms with Gasteiger partial charge in [0.15, 0.2) is 0 Å². The number of hydrogen-bond acceptors (Lipinski definition) is 4. The first kappa shape index (κ1) is 23.6. The normalized spacial score (nSPS) is 14.5. The van der Waals surface area contributed by atoms with Gasteiger partial charge in [-0.05, 0) is 49.2 Å². The molecule has 0 radical (unpaired) electrons. The molecule has 0 spiro atoms. The third-order valence-electron chi connectivity index (χ3n) is 5.01. The van der Waals surface area contributed by atoms with Crippen LogP contribution in [0.4, 0.5) is 30.2 Å². The molecule has 0 aromatic heterocycles. The maximum Gasteiger partial charge on any atom is 0.416 e. The van der Waals surface area contributed by atoms with Gasteiger partial charge in [0, 0.05) is 24.3 Å². The number of alkyl halides is 3. The van der Waals surface area contributed by atoms with Crippen molar-refractivity contribution in [2.45, 2.75) is 25.9 Å². The molecule has 2 aromatic rings. The van der Waals surface area contributed by atoms with Crippen molar-refractivity contribution in [3.63, 3.8) is 0 Å². The Morgan fingerprint density at radius 1 is 1.19 bits per heavy atom. The molecule has 0 unspecified atom stereocenters. The predicted molar refractivity (Wildman–Crippen MR) is 115 cm³/mol. The molecule has 32 heavy (non-hydrogen) atoms. The SMILES string of the molecule is Cc1ccc(NC(=O)CN(c2cccc(C(F)(F)F)c2)S(C)(=O)=O)cc1N1CCCC1=O. The van der Waals surface area contributed by atoms with Crippen LogP contribution < -0.4 is 14.5 Å². The summed E-state index contributed by atoms with van der Waals surface area (Å²) >= 11 is 0. The number of nitrogens with one attached hydrogen (secondary N) is 1. The Hall–Kier alpha value is -3.08. The van der Waals surface area contributed by atoms with Crippen molar-refractivity contribution in [2.24, 2.45) is 0 Å². The van der Waals surface area contributed by atoms with E-state index >= 15 is 0 Å². The fourth-order valence-electron chi connectivity index (χ4n) is 3.45. The Bertz CT molecular complexity index is 1150. The highest BCUT2D eigenvalue weighted by atomic mass is 32.2. The highest BCUT2D eigenvalue weighted by Gasteiger charge is 2.32. The molecule has 7 nitrogen and oxygen atoms in total. The molecule has 2 amide bonds. The Labute approximate surface area is 183 Å². The molecule has 0 saturated carbocycles. The molecular formula is C21H22F3N3O4S. The lowest BCUT2D eigenvalue weighted by atomic mass is 10.1. The summed E-state index contributed by atoms with van der Waals surface area (Å²) in [4.78, 5) is 26.3. The maximum absolute atomic E-state index is 13.0. The monoisotopic (exact) mass is 469 g/mol. The molecule has 0 bridgehead atoms. The number of amides is 2. The number of sulfonamides is 1. The second-order valence-corrected chi connectivity index (χ2v) is 9.42. The molecule has 1 fully saturated rings. The minimum Gasteiger partial charge on any atom is -0.324 e. The van der Waals surface area contributed by atoms with Gasteiger partial charge >= 0.3 is 6.18 Å². The first-order chi connectivity index (χ1) is 14.9. The fourth-order valence-corrected chi connectivity index (χ4v) is 4.30. The summed E-state index contributed by atoms with van der Waals surface area (Å²) in [6.45, 7) is 1.67. The number of rotatable bonds is 6. The molecular weight excluding hydrogens is 447 g/mol. The van der Waals surface area contributed by atoms with Crippen LogP contribution in [0.1, 0.15) is 24.0 Å². The smallest absolute Gasteiger partial charge is 0.324 e. The fraction of sp³-hybridized carbons (Fsp3) is 0.333. The standard InChI is InChI=1S/C21H22F3N3O4S/c1-14-8-9-16(12-18(14)26-10-4-7-20(26)29)25-19(28)13-27(32(2,30)31)17-6-3-5-15(11-17)21(22,23)24/h3,5-6,8-9,11-12H,4,7,10,13H2,1-2H3,(H,25,28). The molecule has 172 valence electrons. The van der Waals surface area contributed by atoms with Crippen molar-refractivity contribution in [2.75, 3.05) is 33.9 Å². The first-order valence-electron chi connectivity index (χ1n) is 9.72. The van der Waals surface area contributed by atoms with E-state index in [2.05, 4.69) is 5.32 Å². The first-order valence-corrected chi connectivity index (χ1v) is 11.6. The summed E-state index contributed by atoms with van der Waals surface area (Å²) in [7, 11) is -4.05. The van der Waals surface area contributed by atoms with Crippen LogP contribution in [0, 0.1) is 6.92 Å². The van der Waals surface area contributed by atoms with Crippen LogP contribution in [-0.4, -0.2) is 39.6 Å². The molecule has 0 atom stereocenters. The van der Waals surface area contributed by atoms with E-state index in [9.17, 15) is 31.2 Å². The van der Waals surface area contributed by atoms with Crippen LogP contribution in [0.3, 0.4) is 0 Å². The van der Waals surface area contributed by atoms with Gasteiger partial charge in [0.25, 0.3) is 0 Å². The van der Waals surface area contributed by atoms with E-state index in [0.717, 1.165) is 30.4 Å². The number of carbonyl (C=O) groups excluding carboxylic acids is 2. The van der Waals surface area contributed by atoms with Gasteiger partial charge in [-0.3, -0.25) is 13.9 Å². The molecule has 1 heterocycles. The Morgan fingerprint density at radius 3 is 2.50 bits per heavy atom. The largest absolute Gasteiger partial charge is 0.416 e. The third kappa shape index (κ3) is 5.39. The van der Waals surface area contributed by atoms with E-state index in [1.807, 2.05) is 6.92 Å². The van der Waals surface area contributed by atoms with Crippen molar-refractivity contribution >= 4 is 38.9 Å². The van der Waals surface area contributed by atoms with Crippen LogP contribution >= 0.6 is 0 Å². The molecule has 1 saturated heterocycles. The van der Waals surface area contributed by atoms with E-state index in [1.165, 1.54) is 6.07 Å². The lowest BCUT2D eigenvalue weighted by molar-refractivity contribution is -0.137. The second kappa shape index (κ2) is 8.81. The second-order valence-electron chi connectivity index (χ2n) is 7.52. The van der Waals surface area contributed by atoms with Gasteiger partial charge in [0.2, 0.25) is 21.8 Å². The van der Waals surface area contributed by atoms with Gasteiger partial charge in [0.1, 0.15) is 6.54 Å². The van der Waals surface area contributed by atoms with E-state index in [0.29, 0.717) is 34.7 Å². The van der Waals surface area contributed by atoms with Gasteiger partial charge in [-0.25, -0.2) is 8.42 Å². The van der Waals surface area contributed by atoms with Gasteiger partial charge in [-0.2, -0.15) is 13.2 Å². The zero-order chi connectivity index (χ0) is 23.7. The van der Waals surface area contributed by atoms with E-state index < -0.39 is 34.2 Å². The average molecular weight is 469 g/mol. The van der Waals surface area contributed by atoms with Crippen LogP contribution in [-0.2, 0) is 25.8 Å². The molecule has 1 aliphatic rings. The maximum atomic E-state index is 13.0. The summed E-state index contributed by atoms with van der Waals surface area (Å²) in [6, 6.07) is 8.70. The number of benzene rings is 2. The highest BCUT2D eigenvalue weighted by molar-refractivity contribution is 7.92. The van der Waals surface area contributed by atoms with E-state index in [4.69, 9.17) is 0 Å². The van der Waals surface area contributed by atoms with Gasteiger partial charge in [-0.15, -0.1) is 0 Å². The molecule has 11 heteroatoms. The van der Waals surface area contributed by atoms with Gasteiger partial charge in [-0.1, -0.05) is 12.1 Å². The minimum absolute atomic E-state index is 0.0237. The zero-order valence-electron chi connectivity index (χ0n) is 17.4. The summed E-state index contributed by atoms with van der Waals surface area (Å²) < 4.78 is 64.1. The quantitative estimate of drug-likeness (QED) is 0.701. The van der Waals surface area contributed by atoms with E-state index in [1.54, 1.807) is 23.1 Å². The Balaban J connectivity index is 1.82. The van der Waals surface area contributed by atoms with Crippen molar-refractivity contribution < 1.29 is 31.2 Å². The molecule has 0 aliphatic carbocycles. The molecule has 1 aliphatic heterocycles. The van der Waals surface area contributed by atoms with Crippen molar-refractivity contribution in [1.29, 1.82) is 0 Å². The van der Waals surface area contributed by atoms with Crippen LogP contribution in [0.2, 0.25) is 0 Å². The van der Waals surface area contributed by atoms with Gasteiger partial charge in [0.05, 0.1) is 17.5 Å². The molecule has 2 aromatic carbocycles. The van der Waals surface area contributed by atoms with Crippen molar-refractivity contribution in [3.8, 4) is 0 Å². The molecule has 3 rings (SSSR count). The van der Waals surface area contributed by atoms with Crippen molar-refractivity contribution in [1.82, 2.24) is 0 Å². The van der Waals surface area contributed by atoms with E-state index in [-0.39, 0.29) is 11.6 Å². The summed E-state index contributed by atoms with van der Waals surface area (Å²) in [5.74, 6) is -0.764. The number of anilines is 3. The number of hydrogen-bond donors (Lipinski definition) is 1. The Morgan fingerprint density at radius 2 is 1.91 bits per heavy atom. The summed E-state index contributed by atoms with van der Waals surface area (Å²) in [6.07, 6.45) is -2.68. The van der Waals surface area contributed by atoms with Crippen LogP contribution in [0.5, 0.6) is 0 Å². The summed E-state index contributed by atoms with van der Waals surface area (Å²) in [5, 5.41) is 2.56. The average Bonchev–Trinajstić information content (AvgIpc) is 3.12. The summed E-state index contributed by atoms with van der Waals surface area (Å²) in [5.41, 5.74) is 0.517. The lowest BCUT2D eigenvalue weighted by Gasteiger charge is -2.23. The third-order valence-corrected chi connectivity index (χ3v) is 6.15. The van der Waals surface area contributed by atoms with Crippen LogP contribution in [0.25, 0.3) is 0 Å². The predicted octanol–water partition coefficient (Wildman–Crippen LogP) is 3.55. The number of carbonyl (C=O) groups is 2. The van der Waals surface area contributed by atoms with Gasteiger partial charge < -0.3 is 10.2 Å². The minimum atomic E-state index is -4.66. The zero-order valence-corrected chi connectivity index (χ0v) is 18.3. The number of nitrogens with zero attached hydrogens (tertiary/aromatic N) is 2. The molecule has 1 N–H and O–H groups in total. The highest BCUT2D eigenvalue weighted by Crippen LogP contribution is 2.32. The lowest BCUT2D eigenvalue weighted by Crippen LogP contribution is -2.37.